The first-order chi connectivity index (χ1) is 6.77. The van der Waals surface area contributed by atoms with Crippen LogP contribution in [-0.4, -0.2) is 0 Å². The fourth-order valence-corrected chi connectivity index (χ4v) is 2.25. The Hall–Kier alpha value is -0.460. The highest BCUT2D eigenvalue weighted by Crippen LogP contribution is 2.31. The third-order valence-corrected chi connectivity index (χ3v) is 3.39. The summed E-state index contributed by atoms with van der Waals surface area (Å²) in [5, 5.41) is 1.98. The molecule has 0 amide bonds. The summed E-state index contributed by atoms with van der Waals surface area (Å²) in [5.74, 6) is 0. The van der Waals surface area contributed by atoms with E-state index in [1.807, 2.05) is 0 Å². The van der Waals surface area contributed by atoms with E-state index in [0.29, 0.717) is 0 Å². The summed E-state index contributed by atoms with van der Waals surface area (Å²) in [5.41, 5.74) is 2.54. The molecule has 0 bridgehead atoms. The smallest absolute Gasteiger partial charge is 0.0250 e. The molecule has 0 saturated carbocycles. The quantitative estimate of drug-likeness (QED) is 0.657. The molecule has 2 aliphatic rings. The van der Waals surface area contributed by atoms with Crippen molar-refractivity contribution >= 4 is 23.2 Å². The maximum atomic E-state index is 6.05. The lowest BCUT2D eigenvalue weighted by atomic mass is 10.1. The first-order valence-electron chi connectivity index (χ1n) is 4.85. The Bertz CT molecular complexity index is 321. The van der Waals surface area contributed by atoms with Gasteiger partial charge in [0.15, 0.2) is 0 Å². The van der Waals surface area contributed by atoms with Crippen molar-refractivity contribution in [3.8, 4) is 0 Å². The van der Waals surface area contributed by atoms with Crippen LogP contribution in [0.2, 0.25) is 0 Å². The van der Waals surface area contributed by atoms with E-state index in [4.69, 9.17) is 23.2 Å². The first kappa shape index (κ1) is 10.1. The number of hydrogen-bond acceptors (Lipinski definition) is 0. The summed E-state index contributed by atoms with van der Waals surface area (Å²) < 4.78 is 0. The van der Waals surface area contributed by atoms with Gasteiger partial charge in [-0.05, 0) is 24.0 Å². The summed E-state index contributed by atoms with van der Waals surface area (Å²) in [6, 6.07) is 0. The zero-order chi connectivity index (χ0) is 9.97. The van der Waals surface area contributed by atoms with E-state index >= 15 is 0 Å². The third-order valence-electron chi connectivity index (χ3n) is 2.59. The fraction of sp³-hybridized carbons (Fsp3) is 0.333. The Morgan fingerprint density at radius 1 is 0.857 bits per heavy atom. The van der Waals surface area contributed by atoms with Crippen molar-refractivity contribution in [1.82, 2.24) is 0 Å². The predicted octanol–water partition coefficient (Wildman–Crippen LogP) is 4.67. The van der Waals surface area contributed by atoms with Crippen LogP contribution in [0.4, 0.5) is 0 Å². The van der Waals surface area contributed by atoms with Gasteiger partial charge in [-0.15, -0.1) is 0 Å². The van der Waals surface area contributed by atoms with Crippen molar-refractivity contribution < 1.29 is 0 Å². The van der Waals surface area contributed by atoms with Crippen LogP contribution in [0.25, 0.3) is 0 Å². The van der Waals surface area contributed by atoms with Crippen LogP contribution in [0.3, 0.4) is 0 Å². The van der Waals surface area contributed by atoms with Crippen LogP contribution in [0, 0.1) is 0 Å². The topological polar surface area (TPSA) is 0 Å². The third kappa shape index (κ3) is 2.13. The second-order valence-electron chi connectivity index (χ2n) is 3.57. The van der Waals surface area contributed by atoms with E-state index in [0.717, 1.165) is 35.7 Å². The predicted molar refractivity (Wildman–Crippen MR) is 62.5 cm³/mol. The van der Waals surface area contributed by atoms with Gasteiger partial charge in [0.05, 0.1) is 0 Å². The standard InChI is InChI=1S/C12H12Cl2/c13-11-5-1-3-9(11)7-8-10-4-2-6-12(10)14/h1-4H,5-8H2. The minimum atomic E-state index is 0.902. The van der Waals surface area contributed by atoms with Gasteiger partial charge < -0.3 is 0 Å². The molecule has 0 nitrogen and oxygen atoms in total. The second-order valence-corrected chi connectivity index (χ2v) is 4.49. The molecule has 0 aromatic rings. The second kappa shape index (κ2) is 4.37. The van der Waals surface area contributed by atoms with Gasteiger partial charge in [0.1, 0.15) is 0 Å². The minimum Gasteiger partial charge on any atom is -0.0885 e. The molecule has 14 heavy (non-hydrogen) atoms. The molecule has 0 N–H and O–H groups in total. The van der Waals surface area contributed by atoms with E-state index in [2.05, 4.69) is 24.3 Å². The number of hydrogen-bond donors (Lipinski definition) is 0. The van der Waals surface area contributed by atoms with Crippen molar-refractivity contribution in [3.05, 3.63) is 45.5 Å². The normalized spacial score (nSPS) is 20.4. The van der Waals surface area contributed by atoms with Crippen LogP contribution in [0.15, 0.2) is 45.5 Å². The van der Waals surface area contributed by atoms with Gasteiger partial charge in [-0.25, -0.2) is 0 Å². The molecule has 0 radical (unpaired) electrons. The van der Waals surface area contributed by atoms with E-state index in [1.165, 1.54) is 11.1 Å². The summed E-state index contributed by atoms with van der Waals surface area (Å²) in [6.07, 6.45) is 12.3. The van der Waals surface area contributed by atoms with Crippen LogP contribution >= 0.6 is 23.2 Å². The molecule has 0 spiro atoms. The largest absolute Gasteiger partial charge is 0.0885 e. The van der Waals surface area contributed by atoms with E-state index in [1.54, 1.807) is 0 Å². The van der Waals surface area contributed by atoms with Gasteiger partial charge in [-0.2, -0.15) is 0 Å². The van der Waals surface area contributed by atoms with Crippen LogP contribution in [-0.2, 0) is 0 Å². The van der Waals surface area contributed by atoms with Gasteiger partial charge in [-0.3, -0.25) is 0 Å². The highest BCUT2D eigenvalue weighted by molar-refractivity contribution is 6.31. The summed E-state index contributed by atoms with van der Waals surface area (Å²) in [4.78, 5) is 0. The van der Waals surface area contributed by atoms with Gasteiger partial charge in [0.2, 0.25) is 0 Å². The van der Waals surface area contributed by atoms with E-state index < -0.39 is 0 Å². The number of allylic oxidation sites excluding steroid dienone is 8. The molecule has 0 aliphatic heterocycles. The molecule has 0 heterocycles. The lowest BCUT2D eigenvalue weighted by Gasteiger charge is -2.02. The molecule has 0 aromatic heterocycles. The summed E-state index contributed by atoms with van der Waals surface area (Å²) in [6.45, 7) is 0. The molecule has 2 heteroatoms. The van der Waals surface area contributed by atoms with Crippen molar-refractivity contribution in [2.24, 2.45) is 0 Å². The molecule has 2 aliphatic carbocycles. The van der Waals surface area contributed by atoms with Crippen molar-refractivity contribution in [3.63, 3.8) is 0 Å². The Morgan fingerprint density at radius 2 is 1.29 bits per heavy atom. The fourth-order valence-electron chi connectivity index (χ4n) is 1.76. The lowest BCUT2D eigenvalue weighted by Crippen LogP contribution is -1.83. The monoisotopic (exact) mass is 226 g/mol. The van der Waals surface area contributed by atoms with Crippen molar-refractivity contribution in [2.75, 3.05) is 0 Å². The Kier molecular flexibility index (Phi) is 3.15. The summed E-state index contributed by atoms with van der Waals surface area (Å²) in [7, 11) is 0. The van der Waals surface area contributed by atoms with Crippen molar-refractivity contribution in [1.29, 1.82) is 0 Å². The first-order valence-corrected chi connectivity index (χ1v) is 5.61. The van der Waals surface area contributed by atoms with Gasteiger partial charge in [0, 0.05) is 22.9 Å². The average molecular weight is 227 g/mol. The molecular formula is C12H12Cl2. The highest BCUT2D eigenvalue weighted by atomic mass is 35.5. The summed E-state index contributed by atoms with van der Waals surface area (Å²) >= 11 is 12.1. The lowest BCUT2D eigenvalue weighted by molar-refractivity contribution is 0.966. The van der Waals surface area contributed by atoms with Crippen LogP contribution < -0.4 is 0 Å². The Morgan fingerprint density at radius 3 is 1.57 bits per heavy atom. The SMILES string of the molecule is ClC1=C(CCC2=C(Cl)CC=C2)C=CC1. The van der Waals surface area contributed by atoms with Gasteiger partial charge in [0.25, 0.3) is 0 Å². The Balaban J connectivity index is 1.95. The molecule has 0 unspecified atom stereocenters. The van der Waals surface area contributed by atoms with Crippen LogP contribution in [0.5, 0.6) is 0 Å². The molecule has 2 rings (SSSR count). The Labute approximate surface area is 94.6 Å². The maximum absolute atomic E-state index is 6.05. The van der Waals surface area contributed by atoms with E-state index in [-0.39, 0.29) is 0 Å². The van der Waals surface area contributed by atoms with Crippen LogP contribution in [0.1, 0.15) is 25.7 Å². The molecule has 0 aromatic carbocycles. The van der Waals surface area contributed by atoms with Gasteiger partial charge >= 0.3 is 0 Å². The maximum Gasteiger partial charge on any atom is 0.0250 e. The molecule has 0 fully saturated rings. The molecule has 74 valence electrons. The van der Waals surface area contributed by atoms with E-state index in [9.17, 15) is 0 Å². The molecular weight excluding hydrogens is 215 g/mol. The average Bonchev–Trinajstić information content (AvgIpc) is 2.72. The zero-order valence-electron chi connectivity index (χ0n) is 7.89. The highest BCUT2D eigenvalue weighted by Gasteiger charge is 2.10. The number of halogens is 2. The minimum absolute atomic E-state index is 0.902. The van der Waals surface area contributed by atoms with Crippen molar-refractivity contribution in [2.45, 2.75) is 25.7 Å². The molecule has 0 saturated heterocycles. The molecule has 0 atom stereocenters. The number of rotatable bonds is 3. The van der Waals surface area contributed by atoms with Gasteiger partial charge in [-0.1, -0.05) is 47.5 Å². The zero-order valence-corrected chi connectivity index (χ0v) is 9.41.